The van der Waals surface area contributed by atoms with Gasteiger partial charge in [-0.1, -0.05) is 26.0 Å². The van der Waals surface area contributed by atoms with Gasteiger partial charge in [0, 0.05) is 38.4 Å². The summed E-state index contributed by atoms with van der Waals surface area (Å²) in [5, 5.41) is 3.26. The number of allylic oxidation sites excluding steroid dienone is 1. The minimum Gasteiger partial charge on any atom is -0.367 e. The second kappa shape index (κ2) is 11.0. The Labute approximate surface area is 222 Å². The number of halogens is 1. The molecule has 200 valence electrons. The number of rotatable bonds is 7. The summed E-state index contributed by atoms with van der Waals surface area (Å²) in [5.41, 5.74) is 3.49. The van der Waals surface area contributed by atoms with Crippen LogP contribution >= 0.6 is 0 Å². The number of benzene rings is 2. The van der Waals surface area contributed by atoms with E-state index in [0.29, 0.717) is 41.9 Å². The average molecular weight is 519 g/mol. The molecular formula is C29H35FN6O2. The Morgan fingerprint density at radius 2 is 1.79 bits per heavy atom. The molecule has 1 aromatic heterocycles. The summed E-state index contributed by atoms with van der Waals surface area (Å²) in [5.74, 6) is 0.224. The third-order valence-electron chi connectivity index (χ3n) is 7.56. The van der Waals surface area contributed by atoms with Crippen molar-refractivity contribution < 1.29 is 9.18 Å². The Balaban J connectivity index is 1.39. The van der Waals surface area contributed by atoms with E-state index in [1.165, 1.54) is 6.07 Å². The van der Waals surface area contributed by atoms with Crippen LogP contribution in [0.15, 0.2) is 41.2 Å². The van der Waals surface area contributed by atoms with Gasteiger partial charge in [-0.05, 0) is 68.0 Å². The lowest BCUT2D eigenvalue weighted by molar-refractivity contribution is -0.117. The van der Waals surface area contributed by atoms with E-state index in [0.717, 1.165) is 56.1 Å². The number of nitrogens with zero attached hydrogens (tertiary/aromatic N) is 5. The van der Waals surface area contributed by atoms with Gasteiger partial charge in [-0.25, -0.2) is 9.37 Å². The van der Waals surface area contributed by atoms with Crippen LogP contribution in [0.5, 0.6) is 0 Å². The number of piperazine rings is 1. The normalized spacial score (nSPS) is 17.0. The third-order valence-corrected chi connectivity index (χ3v) is 7.56. The predicted octanol–water partition coefficient (Wildman–Crippen LogP) is 3.51. The molecule has 0 spiro atoms. The maximum absolute atomic E-state index is 15.0. The summed E-state index contributed by atoms with van der Waals surface area (Å²) in [6.45, 7) is 9.82. The van der Waals surface area contributed by atoms with Crippen LogP contribution < -0.4 is 15.8 Å². The molecule has 0 bridgehead atoms. The lowest BCUT2D eigenvalue weighted by atomic mass is 10.1. The van der Waals surface area contributed by atoms with Gasteiger partial charge in [-0.2, -0.15) is 0 Å². The highest BCUT2D eigenvalue weighted by molar-refractivity contribution is 5.92. The zero-order valence-corrected chi connectivity index (χ0v) is 22.3. The van der Waals surface area contributed by atoms with Gasteiger partial charge in [0.15, 0.2) is 0 Å². The standard InChI is InChI=1S/C29H35FN6O2/c1-4-34(5-2)19-27(37)31-22-8-6-20(7-9-22)16-21-10-11-36-28(21)32-25-18-26(24(30)17-23(25)29(36)38)35-14-12-33(3)13-15-35/h6-9,16-18H,4-5,10-15,19H2,1-3H3,(H,31,37)/b21-16+. The van der Waals surface area contributed by atoms with Gasteiger partial charge in [0.2, 0.25) is 5.91 Å². The maximum atomic E-state index is 15.0. The molecule has 5 rings (SSSR count). The van der Waals surface area contributed by atoms with Crippen LogP contribution in [0.2, 0.25) is 0 Å². The molecule has 1 amide bonds. The number of carbonyl (C=O) groups excluding carboxylic acids is 1. The van der Waals surface area contributed by atoms with Crippen molar-refractivity contribution in [2.24, 2.45) is 0 Å². The molecule has 38 heavy (non-hydrogen) atoms. The summed E-state index contributed by atoms with van der Waals surface area (Å²) in [6, 6.07) is 10.7. The fourth-order valence-corrected chi connectivity index (χ4v) is 5.17. The first-order chi connectivity index (χ1) is 18.4. The van der Waals surface area contributed by atoms with Gasteiger partial charge in [0.05, 0.1) is 23.1 Å². The minimum atomic E-state index is -0.375. The number of hydrogen-bond acceptors (Lipinski definition) is 6. The van der Waals surface area contributed by atoms with E-state index >= 15 is 4.39 Å². The summed E-state index contributed by atoms with van der Waals surface area (Å²) in [7, 11) is 2.06. The number of anilines is 2. The van der Waals surface area contributed by atoms with Crippen LogP contribution in [-0.2, 0) is 11.3 Å². The van der Waals surface area contributed by atoms with Gasteiger partial charge >= 0.3 is 0 Å². The molecule has 2 aliphatic heterocycles. The molecule has 3 aromatic rings. The number of fused-ring (bicyclic) bond motifs is 2. The molecule has 1 N–H and O–H groups in total. The van der Waals surface area contributed by atoms with Crippen molar-refractivity contribution in [1.82, 2.24) is 19.4 Å². The van der Waals surface area contributed by atoms with Crippen LogP contribution in [0.25, 0.3) is 22.6 Å². The van der Waals surface area contributed by atoms with E-state index in [-0.39, 0.29) is 17.3 Å². The Morgan fingerprint density at radius 3 is 2.47 bits per heavy atom. The number of hydrogen-bond donors (Lipinski definition) is 1. The van der Waals surface area contributed by atoms with E-state index < -0.39 is 0 Å². The fraction of sp³-hybridized carbons (Fsp3) is 0.414. The van der Waals surface area contributed by atoms with E-state index in [4.69, 9.17) is 4.98 Å². The molecule has 2 aliphatic rings. The monoisotopic (exact) mass is 518 g/mol. The third kappa shape index (κ3) is 5.35. The van der Waals surface area contributed by atoms with E-state index in [2.05, 4.69) is 22.2 Å². The quantitative estimate of drug-likeness (QED) is 0.516. The van der Waals surface area contributed by atoms with Crippen LogP contribution in [0.1, 0.15) is 31.7 Å². The molecule has 0 atom stereocenters. The zero-order valence-electron chi connectivity index (χ0n) is 22.3. The van der Waals surface area contributed by atoms with Crippen LogP contribution in [-0.4, -0.2) is 78.1 Å². The minimum absolute atomic E-state index is 0.0349. The number of nitrogens with one attached hydrogen (secondary N) is 1. The van der Waals surface area contributed by atoms with Crippen molar-refractivity contribution in [2.45, 2.75) is 26.8 Å². The molecule has 1 saturated heterocycles. The Morgan fingerprint density at radius 1 is 1.08 bits per heavy atom. The summed E-state index contributed by atoms with van der Waals surface area (Å²) in [6.07, 6.45) is 2.71. The summed E-state index contributed by atoms with van der Waals surface area (Å²) >= 11 is 0. The molecule has 0 saturated carbocycles. The molecule has 2 aromatic carbocycles. The number of aromatic nitrogens is 2. The largest absolute Gasteiger partial charge is 0.367 e. The second-order valence-corrected chi connectivity index (χ2v) is 10.1. The highest BCUT2D eigenvalue weighted by Crippen LogP contribution is 2.30. The van der Waals surface area contributed by atoms with E-state index in [1.54, 1.807) is 10.6 Å². The van der Waals surface area contributed by atoms with Gasteiger partial charge in [-0.15, -0.1) is 0 Å². The number of amides is 1. The van der Waals surface area contributed by atoms with Crippen LogP contribution in [0.4, 0.5) is 15.8 Å². The summed E-state index contributed by atoms with van der Waals surface area (Å²) < 4.78 is 16.7. The number of likely N-dealkylation sites (N-methyl/N-ethyl adjacent to an activating group) is 2. The lowest BCUT2D eigenvalue weighted by Gasteiger charge is -2.34. The van der Waals surface area contributed by atoms with Crippen molar-refractivity contribution in [3.05, 3.63) is 64.0 Å². The highest BCUT2D eigenvalue weighted by Gasteiger charge is 2.24. The average Bonchev–Trinajstić information content (AvgIpc) is 3.31. The van der Waals surface area contributed by atoms with Crippen molar-refractivity contribution in [3.8, 4) is 0 Å². The summed E-state index contributed by atoms with van der Waals surface area (Å²) in [4.78, 5) is 36.7. The van der Waals surface area contributed by atoms with Crippen LogP contribution in [0.3, 0.4) is 0 Å². The van der Waals surface area contributed by atoms with Gasteiger partial charge in [0.1, 0.15) is 11.6 Å². The lowest BCUT2D eigenvalue weighted by Crippen LogP contribution is -2.44. The topological polar surface area (TPSA) is 73.7 Å². The van der Waals surface area contributed by atoms with Gasteiger partial charge in [-0.3, -0.25) is 19.1 Å². The van der Waals surface area contributed by atoms with Crippen molar-refractivity contribution in [3.63, 3.8) is 0 Å². The fourth-order valence-electron chi connectivity index (χ4n) is 5.17. The molecule has 9 heteroatoms. The Kier molecular flexibility index (Phi) is 7.58. The number of carbonyl (C=O) groups is 1. The van der Waals surface area contributed by atoms with Gasteiger partial charge < -0.3 is 15.1 Å². The molecule has 1 fully saturated rings. The molecule has 3 heterocycles. The van der Waals surface area contributed by atoms with Crippen molar-refractivity contribution in [2.75, 3.05) is 63.1 Å². The van der Waals surface area contributed by atoms with E-state index in [9.17, 15) is 9.59 Å². The van der Waals surface area contributed by atoms with E-state index in [1.807, 2.05) is 49.1 Å². The molecule has 8 nitrogen and oxygen atoms in total. The Bertz CT molecular complexity index is 1420. The first-order valence-corrected chi connectivity index (χ1v) is 13.4. The predicted molar refractivity (Wildman–Crippen MR) is 151 cm³/mol. The Hall–Kier alpha value is -3.56. The smallest absolute Gasteiger partial charge is 0.261 e. The molecular weight excluding hydrogens is 483 g/mol. The van der Waals surface area contributed by atoms with Gasteiger partial charge in [0.25, 0.3) is 5.56 Å². The SMILES string of the molecule is CCN(CC)CC(=O)Nc1ccc(/C=C2\CCn3c2nc2cc(N4CCN(C)CC4)c(F)cc2c3=O)cc1. The first-order valence-electron chi connectivity index (χ1n) is 13.4. The second-order valence-electron chi connectivity index (χ2n) is 10.1. The maximum Gasteiger partial charge on any atom is 0.261 e. The first kappa shape index (κ1) is 26.1. The van der Waals surface area contributed by atoms with Crippen LogP contribution in [0, 0.1) is 5.82 Å². The molecule has 0 aliphatic carbocycles. The van der Waals surface area contributed by atoms with Crippen molar-refractivity contribution in [1.29, 1.82) is 0 Å². The molecule has 0 unspecified atom stereocenters. The zero-order chi connectivity index (χ0) is 26.8. The molecule has 0 radical (unpaired) electrons. The highest BCUT2D eigenvalue weighted by atomic mass is 19.1. The van der Waals surface area contributed by atoms with Crippen molar-refractivity contribution >= 4 is 39.8 Å².